The van der Waals surface area contributed by atoms with Gasteiger partial charge in [-0.1, -0.05) is 6.07 Å². The molecule has 1 aliphatic rings. The second-order valence-corrected chi connectivity index (χ2v) is 4.83. The molecule has 1 heterocycles. The highest BCUT2D eigenvalue weighted by Gasteiger charge is 2.34. The fourth-order valence-corrected chi connectivity index (χ4v) is 2.72. The number of hydrogen-bond donors (Lipinski definition) is 1. The van der Waals surface area contributed by atoms with Crippen LogP contribution in [0.2, 0.25) is 0 Å². The number of likely N-dealkylation sites (tertiary alicyclic amines) is 1. The van der Waals surface area contributed by atoms with Crippen LogP contribution in [-0.2, 0) is 4.79 Å². The molecule has 0 aliphatic carbocycles. The number of piperidine rings is 1. The third-order valence-electron chi connectivity index (χ3n) is 3.64. The first kappa shape index (κ1) is 13.0. The minimum atomic E-state index is -0.255. The standard InChI is InChI=1S/C14H19FN2O/c1-3-17-13(18)7-6-12(16)14(17)11-5-4-10(15)8-9(11)2/h4-5,8,12,14H,3,6-7,16H2,1-2H3. The molecule has 2 atom stereocenters. The molecule has 98 valence electrons. The maximum absolute atomic E-state index is 13.2. The number of benzene rings is 1. The van der Waals surface area contributed by atoms with E-state index in [2.05, 4.69) is 0 Å². The Hall–Kier alpha value is -1.42. The summed E-state index contributed by atoms with van der Waals surface area (Å²) in [5.41, 5.74) is 7.97. The van der Waals surface area contributed by atoms with Gasteiger partial charge in [-0.05, 0) is 43.5 Å². The molecule has 2 unspecified atom stereocenters. The number of nitrogens with two attached hydrogens (primary N) is 1. The Morgan fingerprint density at radius 1 is 1.50 bits per heavy atom. The average molecular weight is 250 g/mol. The predicted octanol–water partition coefficient (Wildman–Crippen LogP) is 2.14. The van der Waals surface area contributed by atoms with Gasteiger partial charge in [0.2, 0.25) is 5.91 Å². The van der Waals surface area contributed by atoms with Crippen molar-refractivity contribution in [2.24, 2.45) is 5.73 Å². The number of hydrogen-bond acceptors (Lipinski definition) is 2. The highest BCUT2D eigenvalue weighted by atomic mass is 19.1. The summed E-state index contributed by atoms with van der Waals surface area (Å²) in [5, 5.41) is 0. The maximum atomic E-state index is 13.2. The molecule has 1 aromatic rings. The lowest BCUT2D eigenvalue weighted by Crippen LogP contribution is -2.48. The van der Waals surface area contributed by atoms with Crippen LogP contribution in [-0.4, -0.2) is 23.4 Å². The molecule has 1 fully saturated rings. The molecule has 1 aliphatic heterocycles. The highest BCUT2D eigenvalue weighted by Crippen LogP contribution is 2.32. The van der Waals surface area contributed by atoms with Crippen LogP contribution in [0, 0.1) is 12.7 Å². The molecule has 2 N–H and O–H groups in total. The quantitative estimate of drug-likeness (QED) is 0.874. The monoisotopic (exact) mass is 250 g/mol. The van der Waals surface area contributed by atoms with Crippen molar-refractivity contribution in [1.29, 1.82) is 0 Å². The first-order valence-corrected chi connectivity index (χ1v) is 6.35. The number of amides is 1. The van der Waals surface area contributed by atoms with Crippen molar-refractivity contribution in [2.75, 3.05) is 6.54 Å². The molecule has 1 saturated heterocycles. The lowest BCUT2D eigenvalue weighted by Gasteiger charge is -2.40. The zero-order valence-corrected chi connectivity index (χ0v) is 10.8. The molecule has 0 radical (unpaired) electrons. The second-order valence-electron chi connectivity index (χ2n) is 4.83. The van der Waals surface area contributed by atoms with Crippen LogP contribution in [0.3, 0.4) is 0 Å². The normalized spacial score (nSPS) is 24.4. The number of carbonyl (C=O) groups excluding carboxylic acids is 1. The zero-order valence-electron chi connectivity index (χ0n) is 10.8. The summed E-state index contributed by atoms with van der Waals surface area (Å²) in [7, 11) is 0. The van der Waals surface area contributed by atoms with Gasteiger partial charge in [-0.25, -0.2) is 4.39 Å². The number of rotatable bonds is 2. The van der Waals surface area contributed by atoms with Crippen molar-refractivity contribution in [3.63, 3.8) is 0 Å². The smallest absolute Gasteiger partial charge is 0.223 e. The van der Waals surface area contributed by atoms with Gasteiger partial charge in [0, 0.05) is 19.0 Å². The van der Waals surface area contributed by atoms with Crippen molar-refractivity contribution >= 4 is 5.91 Å². The van der Waals surface area contributed by atoms with Crippen LogP contribution >= 0.6 is 0 Å². The molecule has 0 spiro atoms. The Bertz CT molecular complexity index is 461. The minimum absolute atomic E-state index is 0.0770. The van der Waals surface area contributed by atoms with Gasteiger partial charge in [0.15, 0.2) is 0 Å². The van der Waals surface area contributed by atoms with E-state index in [4.69, 9.17) is 5.73 Å². The van der Waals surface area contributed by atoms with E-state index < -0.39 is 0 Å². The second kappa shape index (κ2) is 5.06. The molecule has 4 heteroatoms. The van der Waals surface area contributed by atoms with Gasteiger partial charge >= 0.3 is 0 Å². The van der Waals surface area contributed by atoms with Crippen molar-refractivity contribution < 1.29 is 9.18 Å². The first-order valence-electron chi connectivity index (χ1n) is 6.35. The van der Waals surface area contributed by atoms with E-state index in [1.165, 1.54) is 12.1 Å². The van der Waals surface area contributed by atoms with E-state index in [0.717, 1.165) is 11.1 Å². The molecule has 0 saturated carbocycles. The summed E-state index contributed by atoms with van der Waals surface area (Å²) >= 11 is 0. The molecule has 2 rings (SSSR count). The summed E-state index contributed by atoms with van der Waals surface area (Å²) < 4.78 is 13.2. The van der Waals surface area contributed by atoms with Crippen molar-refractivity contribution in [2.45, 2.75) is 38.8 Å². The molecule has 18 heavy (non-hydrogen) atoms. The van der Waals surface area contributed by atoms with Gasteiger partial charge < -0.3 is 10.6 Å². The van der Waals surface area contributed by atoms with Gasteiger partial charge in [-0.15, -0.1) is 0 Å². The van der Waals surface area contributed by atoms with Crippen molar-refractivity contribution in [3.05, 3.63) is 35.1 Å². The predicted molar refractivity (Wildman–Crippen MR) is 68.5 cm³/mol. The Balaban J connectivity index is 2.41. The number of aryl methyl sites for hydroxylation is 1. The first-order chi connectivity index (χ1) is 8.54. The molecular formula is C14H19FN2O. The van der Waals surface area contributed by atoms with Crippen LogP contribution in [0.4, 0.5) is 4.39 Å². The van der Waals surface area contributed by atoms with Gasteiger partial charge in [-0.2, -0.15) is 0 Å². The van der Waals surface area contributed by atoms with Gasteiger partial charge in [0.25, 0.3) is 0 Å². The fourth-order valence-electron chi connectivity index (χ4n) is 2.72. The summed E-state index contributed by atoms with van der Waals surface area (Å²) in [6.45, 7) is 4.44. The Morgan fingerprint density at radius 2 is 2.22 bits per heavy atom. The Kier molecular flexibility index (Phi) is 3.66. The molecule has 1 aromatic carbocycles. The van der Waals surface area contributed by atoms with E-state index in [1.54, 1.807) is 11.0 Å². The molecule has 3 nitrogen and oxygen atoms in total. The van der Waals surface area contributed by atoms with Gasteiger partial charge in [0.1, 0.15) is 5.82 Å². The van der Waals surface area contributed by atoms with E-state index in [1.807, 2.05) is 13.8 Å². The topological polar surface area (TPSA) is 46.3 Å². The molecule has 0 bridgehead atoms. The maximum Gasteiger partial charge on any atom is 0.223 e. The lowest BCUT2D eigenvalue weighted by atomic mass is 9.88. The van der Waals surface area contributed by atoms with Crippen molar-refractivity contribution in [1.82, 2.24) is 4.90 Å². The average Bonchev–Trinajstić information content (AvgIpc) is 2.33. The SMILES string of the molecule is CCN1C(=O)CCC(N)C1c1ccc(F)cc1C. The largest absolute Gasteiger partial charge is 0.334 e. The number of carbonyl (C=O) groups is 1. The van der Waals surface area contributed by atoms with Crippen LogP contribution in [0.25, 0.3) is 0 Å². The minimum Gasteiger partial charge on any atom is -0.334 e. The lowest BCUT2D eigenvalue weighted by molar-refractivity contribution is -0.137. The fraction of sp³-hybridized carbons (Fsp3) is 0.500. The summed E-state index contributed by atoms with van der Waals surface area (Å²) in [4.78, 5) is 13.7. The van der Waals surface area contributed by atoms with Crippen molar-refractivity contribution in [3.8, 4) is 0 Å². The third-order valence-corrected chi connectivity index (χ3v) is 3.64. The third kappa shape index (κ3) is 2.25. The van der Waals surface area contributed by atoms with E-state index in [-0.39, 0.29) is 23.8 Å². The molecule has 1 amide bonds. The van der Waals surface area contributed by atoms with E-state index >= 15 is 0 Å². The van der Waals surface area contributed by atoms with E-state index in [9.17, 15) is 9.18 Å². The summed E-state index contributed by atoms with van der Waals surface area (Å²) in [5.74, 6) is -0.122. The zero-order chi connectivity index (χ0) is 13.3. The Labute approximate surface area is 107 Å². The number of likely N-dealkylation sites (N-methyl/N-ethyl adjacent to an activating group) is 1. The van der Waals surface area contributed by atoms with Gasteiger partial charge in [0.05, 0.1) is 6.04 Å². The Morgan fingerprint density at radius 3 is 2.83 bits per heavy atom. The highest BCUT2D eigenvalue weighted by molar-refractivity contribution is 5.78. The number of halogens is 1. The molecular weight excluding hydrogens is 231 g/mol. The van der Waals surface area contributed by atoms with Crippen LogP contribution in [0.15, 0.2) is 18.2 Å². The number of nitrogens with zero attached hydrogens (tertiary/aromatic N) is 1. The van der Waals surface area contributed by atoms with Crippen LogP contribution in [0.5, 0.6) is 0 Å². The summed E-state index contributed by atoms with van der Waals surface area (Å²) in [6.07, 6.45) is 1.20. The van der Waals surface area contributed by atoms with Crippen LogP contribution < -0.4 is 5.73 Å². The van der Waals surface area contributed by atoms with E-state index in [0.29, 0.717) is 19.4 Å². The van der Waals surface area contributed by atoms with Crippen LogP contribution in [0.1, 0.15) is 36.9 Å². The van der Waals surface area contributed by atoms with Gasteiger partial charge in [-0.3, -0.25) is 4.79 Å². The summed E-state index contributed by atoms with van der Waals surface area (Å²) in [6, 6.07) is 4.47. The molecule has 0 aromatic heterocycles.